The average molecular weight is 495 g/mol. The van der Waals surface area contributed by atoms with Gasteiger partial charge in [-0.25, -0.2) is 13.4 Å². The lowest BCUT2D eigenvalue weighted by molar-refractivity contribution is -0.137. The Hall–Kier alpha value is -3.38. The summed E-state index contributed by atoms with van der Waals surface area (Å²) in [5.41, 5.74) is 1.36. The van der Waals surface area contributed by atoms with Crippen molar-refractivity contribution in [1.29, 1.82) is 0 Å². The number of hydrogen-bond donors (Lipinski definition) is 4. The molecule has 2 aromatic carbocycles. The van der Waals surface area contributed by atoms with Crippen molar-refractivity contribution in [2.24, 2.45) is 0 Å². The SMILES string of the molecule is CCS(=O)(=O)Nc1ccccc1CNc1nc(Nc2ccc(CNC)cc2)ncc1C(F)(F)F. The number of benzene rings is 2. The van der Waals surface area contributed by atoms with Gasteiger partial charge in [-0.3, -0.25) is 4.72 Å². The van der Waals surface area contributed by atoms with Crippen molar-refractivity contribution in [1.82, 2.24) is 15.3 Å². The molecule has 0 atom stereocenters. The zero-order valence-electron chi connectivity index (χ0n) is 18.6. The second-order valence-corrected chi connectivity index (χ2v) is 9.33. The van der Waals surface area contributed by atoms with Crippen molar-refractivity contribution in [3.05, 3.63) is 71.4 Å². The molecule has 0 aliphatic rings. The number of halogens is 3. The minimum absolute atomic E-state index is 0.0168. The topological polar surface area (TPSA) is 108 Å². The summed E-state index contributed by atoms with van der Waals surface area (Å²) in [6.45, 7) is 2.07. The molecular formula is C22H25F3N6O2S. The highest BCUT2D eigenvalue weighted by atomic mass is 32.2. The molecule has 12 heteroatoms. The molecule has 0 amide bonds. The molecule has 0 spiro atoms. The number of hydrogen-bond acceptors (Lipinski definition) is 7. The summed E-state index contributed by atoms with van der Waals surface area (Å²) in [6, 6.07) is 13.7. The van der Waals surface area contributed by atoms with E-state index in [1.54, 1.807) is 36.4 Å². The van der Waals surface area contributed by atoms with E-state index in [-0.39, 0.29) is 23.9 Å². The summed E-state index contributed by atoms with van der Waals surface area (Å²) >= 11 is 0. The van der Waals surface area contributed by atoms with E-state index in [2.05, 4.69) is 30.6 Å². The lowest BCUT2D eigenvalue weighted by atomic mass is 10.2. The molecular weight excluding hydrogens is 469 g/mol. The van der Waals surface area contributed by atoms with Gasteiger partial charge in [-0.05, 0) is 43.3 Å². The third-order valence-corrected chi connectivity index (χ3v) is 6.09. The summed E-state index contributed by atoms with van der Waals surface area (Å²) in [6.07, 6.45) is -3.97. The number of sulfonamides is 1. The van der Waals surface area contributed by atoms with E-state index in [9.17, 15) is 21.6 Å². The second-order valence-electron chi connectivity index (χ2n) is 7.32. The fourth-order valence-corrected chi connectivity index (χ4v) is 3.69. The molecule has 0 saturated carbocycles. The van der Waals surface area contributed by atoms with E-state index in [0.717, 1.165) is 5.56 Å². The Kier molecular flexibility index (Phi) is 7.94. The molecule has 0 bridgehead atoms. The van der Waals surface area contributed by atoms with Crippen LogP contribution in [0.5, 0.6) is 0 Å². The molecule has 4 N–H and O–H groups in total. The Morgan fingerprint density at radius 2 is 1.71 bits per heavy atom. The highest BCUT2D eigenvalue weighted by Gasteiger charge is 2.35. The lowest BCUT2D eigenvalue weighted by Crippen LogP contribution is -2.17. The van der Waals surface area contributed by atoms with Crippen LogP contribution in [0.2, 0.25) is 0 Å². The van der Waals surface area contributed by atoms with Crippen LogP contribution in [0, 0.1) is 0 Å². The number of rotatable bonds is 10. The van der Waals surface area contributed by atoms with Crippen molar-refractivity contribution in [3.8, 4) is 0 Å². The van der Waals surface area contributed by atoms with Gasteiger partial charge in [0.1, 0.15) is 11.4 Å². The van der Waals surface area contributed by atoms with Crippen LogP contribution >= 0.6 is 0 Å². The fraction of sp³-hybridized carbons (Fsp3) is 0.273. The molecule has 182 valence electrons. The summed E-state index contributed by atoms with van der Waals surface area (Å²) in [4.78, 5) is 7.83. The van der Waals surface area contributed by atoms with Gasteiger partial charge in [-0.15, -0.1) is 0 Å². The van der Waals surface area contributed by atoms with Crippen molar-refractivity contribution >= 4 is 33.2 Å². The van der Waals surface area contributed by atoms with Crippen molar-refractivity contribution in [2.45, 2.75) is 26.2 Å². The molecule has 1 aromatic heterocycles. The molecule has 0 fully saturated rings. The smallest absolute Gasteiger partial charge is 0.365 e. The van der Waals surface area contributed by atoms with Crippen LogP contribution in [0.25, 0.3) is 0 Å². The van der Waals surface area contributed by atoms with Crippen molar-refractivity contribution in [3.63, 3.8) is 0 Å². The third kappa shape index (κ3) is 6.81. The number of nitrogens with zero attached hydrogens (tertiary/aromatic N) is 2. The maximum atomic E-state index is 13.6. The number of nitrogens with one attached hydrogen (secondary N) is 4. The van der Waals surface area contributed by atoms with Gasteiger partial charge in [-0.1, -0.05) is 30.3 Å². The average Bonchev–Trinajstić information content (AvgIpc) is 2.79. The Bertz CT molecular complexity index is 1220. The molecule has 3 rings (SSSR count). The highest BCUT2D eigenvalue weighted by Crippen LogP contribution is 2.34. The molecule has 34 heavy (non-hydrogen) atoms. The number of aromatic nitrogens is 2. The van der Waals surface area contributed by atoms with E-state index in [4.69, 9.17) is 0 Å². The van der Waals surface area contributed by atoms with E-state index in [1.165, 1.54) is 6.92 Å². The van der Waals surface area contributed by atoms with Crippen LogP contribution in [0.1, 0.15) is 23.6 Å². The van der Waals surface area contributed by atoms with Gasteiger partial charge in [0, 0.05) is 25.0 Å². The van der Waals surface area contributed by atoms with Gasteiger partial charge in [0.15, 0.2) is 0 Å². The number of anilines is 4. The summed E-state index contributed by atoms with van der Waals surface area (Å²) in [5, 5.41) is 8.61. The maximum absolute atomic E-state index is 13.6. The van der Waals surface area contributed by atoms with Gasteiger partial charge in [-0.2, -0.15) is 18.2 Å². The first-order valence-corrected chi connectivity index (χ1v) is 12.0. The van der Waals surface area contributed by atoms with Crippen LogP contribution in [-0.2, 0) is 29.3 Å². The lowest BCUT2D eigenvalue weighted by Gasteiger charge is -2.16. The minimum Gasteiger partial charge on any atom is -0.365 e. The van der Waals surface area contributed by atoms with Gasteiger partial charge in [0.2, 0.25) is 16.0 Å². The summed E-state index contributed by atoms with van der Waals surface area (Å²) in [5.74, 6) is -0.578. The molecule has 0 radical (unpaired) electrons. The quantitative estimate of drug-likeness (QED) is 0.332. The predicted octanol–water partition coefficient (Wildman–Crippen LogP) is 4.33. The Morgan fingerprint density at radius 1 is 1.00 bits per heavy atom. The Balaban J connectivity index is 1.84. The van der Waals surface area contributed by atoms with Crippen LogP contribution in [0.3, 0.4) is 0 Å². The molecule has 0 saturated heterocycles. The molecule has 3 aromatic rings. The molecule has 8 nitrogen and oxygen atoms in total. The van der Waals surface area contributed by atoms with E-state index < -0.39 is 27.6 Å². The van der Waals surface area contributed by atoms with Crippen LogP contribution in [0.15, 0.2) is 54.7 Å². The number of para-hydroxylation sites is 1. The molecule has 0 unspecified atom stereocenters. The zero-order chi connectivity index (χ0) is 24.8. The molecule has 0 aliphatic carbocycles. The molecule has 1 heterocycles. The largest absolute Gasteiger partial charge is 0.421 e. The van der Waals surface area contributed by atoms with Crippen molar-refractivity contribution < 1.29 is 21.6 Å². The van der Waals surface area contributed by atoms with E-state index >= 15 is 0 Å². The van der Waals surface area contributed by atoms with Gasteiger partial charge >= 0.3 is 6.18 Å². The van der Waals surface area contributed by atoms with Crippen molar-refractivity contribution in [2.75, 3.05) is 28.2 Å². The maximum Gasteiger partial charge on any atom is 0.421 e. The van der Waals surface area contributed by atoms with Crippen LogP contribution in [0.4, 0.5) is 36.3 Å². The van der Waals surface area contributed by atoms with E-state index in [0.29, 0.717) is 24.0 Å². The zero-order valence-corrected chi connectivity index (χ0v) is 19.4. The monoisotopic (exact) mass is 494 g/mol. The summed E-state index contributed by atoms with van der Waals surface area (Å²) in [7, 11) is -1.73. The van der Waals surface area contributed by atoms with Crippen LogP contribution in [-0.4, -0.2) is 31.2 Å². The van der Waals surface area contributed by atoms with Gasteiger partial charge in [0.25, 0.3) is 0 Å². The van der Waals surface area contributed by atoms with Gasteiger partial charge < -0.3 is 16.0 Å². The first-order chi connectivity index (χ1) is 16.1. The number of alkyl halides is 3. The summed E-state index contributed by atoms with van der Waals surface area (Å²) < 4.78 is 67.0. The first-order valence-electron chi connectivity index (χ1n) is 10.4. The Morgan fingerprint density at radius 3 is 2.35 bits per heavy atom. The Labute approximate surface area is 196 Å². The fourth-order valence-electron chi connectivity index (χ4n) is 3.02. The highest BCUT2D eigenvalue weighted by molar-refractivity contribution is 7.92. The first kappa shape index (κ1) is 25.2. The third-order valence-electron chi connectivity index (χ3n) is 4.79. The predicted molar refractivity (Wildman–Crippen MR) is 126 cm³/mol. The second kappa shape index (κ2) is 10.7. The van der Waals surface area contributed by atoms with Crippen LogP contribution < -0.4 is 20.7 Å². The van der Waals surface area contributed by atoms with Gasteiger partial charge in [0.05, 0.1) is 11.4 Å². The minimum atomic E-state index is -4.68. The standard InChI is InChI=1S/C22H25F3N6O2S/c1-3-34(32,33)31-19-7-5-4-6-16(19)13-27-20-18(22(23,24)25)14-28-21(30-20)29-17-10-8-15(9-11-17)12-26-2/h4-11,14,26,31H,3,12-13H2,1-2H3,(H2,27,28,29,30). The van der Waals surface area contributed by atoms with E-state index in [1.807, 2.05) is 19.2 Å². The molecule has 0 aliphatic heterocycles. The normalized spacial score (nSPS) is 11.8.